The second-order valence-electron chi connectivity index (χ2n) is 4.93. The highest BCUT2D eigenvalue weighted by atomic mass is 32.2. The van der Waals surface area contributed by atoms with Crippen LogP contribution in [0.25, 0.3) is 22.1 Å². The van der Waals surface area contributed by atoms with Crippen molar-refractivity contribution in [3.05, 3.63) is 49.1 Å². The summed E-state index contributed by atoms with van der Waals surface area (Å²) in [6.07, 6.45) is 3.59. The molecule has 0 unspecified atom stereocenters. The predicted molar refractivity (Wildman–Crippen MR) is 91.0 cm³/mol. The highest BCUT2D eigenvalue weighted by Crippen LogP contribution is 2.27. The average molecular weight is 326 g/mol. The number of rotatable bonds is 4. The molecule has 116 valence electrons. The fourth-order valence-corrected chi connectivity index (χ4v) is 3.27. The number of methoxy groups -OCH3 is 2. The molecule has 2 heterocycles. The first-order valence-electron chi connectivity index (χ1n) is 6.99. The van der Waals surface area contributed by atoms with Crippen molar-refractivity contribution in [3.8, 4) is 11.5 Å². The minimum atomic E-state index is 0.799. The van der Waals surface area contributed by atoms with E-state index in [2.05, 4.69) is 9.97 Å². The Kier molecular flexibility index (Phi) is 3.34. The van der Waals surface area contributed by atoms with Crippen molar-refractivity contribution in [2.45, 2.75) is 0 Å². The Morgan fingerprint density at radius 2 is 1.26 bits per heavy atom. The summed E-state index contributed by atoms with van der Waals surface area (Å²) in [5.41, 5.74) is 3.82. The van der Waals surface area contributed by atoms with E-state index in [1.807, 2.05) is 44.3 Å². The van der Waals surface area contributed by atoms with Crippen LogP contribution in [0.5, 0.6) is 11.5 Å². The van der Waals surface area contributed by atoms with Crippen LogP contribution < -0.4 is 9.47 Å². The second-order valence-corrected chi connectivity index (χ2v) is 5.88. The largest absolute Gasteiger partial charge is 0.497 e. The zero-order valence-electron chi connectivity index (χ0n) is 12.6. The van der Waals surface area contributed by atoms with Crippen LogP contribution in [0.2, 0.25) is 0 Å². The molecule has 7 heteroatoms. The molecule has 0 aliphatic rings. The lowest BCUT2D eigenvalue weighted by atomic mass is 10.3. The summed E-state index contributed by atoms with van der Waals surface area (Å²) in [5, 5.41) is 0. The van der Waals surface area contributed by atoms with E-state index in [0.29, 0.717) is 0 Å². The molecule has 0 saturated heterocycles. The normalized spacial score (nSPS) is 11.2. The lowest BCUT2D eigenvalue weighted by Gasteiger charge is -2.05. The van der Waals surface area contributed by atoms with E-state index in [1.165, 1.54) is 12.1 Å². The lowest BCUT2D eigenvalue weighted by molar-refractivity contribution is 0.415. The van der Waals surface area contributed by atoms with Gasteiger partial charge in [-0.05, 0) is 24.3 Å². The van der Waals surface area contributed by atoms with Gasteiger partial charge in [-0.1, -0.05) is 0 Å². The molecule has 6 nitrogen and oxygen atoms in total. The first-order chi connectivity index (χ1) is 11.3. The van der Waals surface area contributed by atoms with Crippen LogP contribution in [0.3, 0.4) is 0 Å². The number of ether oxygens (including phenoxy) is 2. The SMILES string of the molecule is COc1ccc2c(c1)ncn2Sn1cnc2cc(OC)ccc21. The molecular formula is C16H14N4O2S. The van der Waals surface area contributed by atoms with E-state index in [1.54, 1.807) is 26.9 Å². The van der Waals surface area contributed by atoms with Crippen molar-refractivity contribution < 1.29 is 9.47 Å². The van der Waals surface area contributed by atoms with Gasteiger partial charge in [-0.25, -0.2) is 9.97 Å². The van der Waals surface area contributed by atoms with Gasteiger partial charge in [0.05, 0.1) is 48.4 Å². The highest BCUT2D eigenvalue weighted by molar-refractivity contribution is 7.96. The maximum Gasteiger partial charge on any atom is 0.121 e. The molecule has 0 spiro atoms. The zero-order chi connectivity index (χ0) is 15.8. The van der Waals surface area contributed by atoms with Crippen LogP contribution in [0.4, 0.5) is 0 Å². The second kappa shape index (κ2) is 5.51. The molecule has 23 heavy (non-hydrogen) atoms. The summed E-state index contributed by atoms with van der Waals surface area (Å²) in [6, 6.07) is 11.7. The molecule has 4 rings (SSSR count). The molecule has 2 aromatic heterocycles. The van der Waals surface area contributed by atoms with Crippen LogP contribution in [0.1, 0.15) is 0 Å². The van der Waals surface area contributed by atoms with Gasteiger partial charge in [0.1, 0.15) is 24.2 Å². The molecule has 0 aliphatic heterocycles. The summed E-state index contributed by atoms with van der Waals surface area (Å²) in [4.78, 5) is 8.85. The summed E-state index contributed by atoms with van der Waals surface area (Å²) < 4.78 is 14.5. The van der Waals surface area contributed by atoms with Gasteiger partial charge in [0.2, 0.25) is 0 Å². The number of fused-ring (bicyclic) bond motifs is 2. The van der Waals surface area contributed by atoms with E-state index in [0.717, 1.165) is 33.6 Å². The molecule has 0 saturated carbocycles. The van der Waals surface area contributed by atoms with Crippen LogP contribution in [0, 0.1) is 0 Å². The molecular weight excluding hydrogens is 312 g/mol. The average Bonchev–Trinajstić information content (AvgIpc) is 3.18. The van der Waals surface area contributed by atoms with Crippen molar-refractivity contribution in [1.82, 2.24) is 17.9 Å². The van der Waals surface area contributed by atoms with Gasteiger partial charge < -0.3 is 9.47 Å². The van der Waals surface area contributed by atoms with Gasteiger partial charge in [-0.15, -0.1) is 0 Å². The van der Waals surface area contributed by atoms with E-state index >= 15 is 0 Å². The van der Waals surface area contributed by atoms with Crippen molar-refractivity contribution in [2.75, 3.05) is 14.2 Å². The third-order valence-corrected chi connectivity index (χ3v) is 4.55. The molecule has 0 atom stereocenters. The Morgan fingerprint density at radius 3 is 1.70 bits per heavy atom. The van der Waals surface area contributed by atoms with E-state index in [-0.39, 0.29) is 0 Å². The third-order valence-electron chi connectivity index (χ3n) is 3.62. The number of aromatic nitrogens is 4. The van der Waals surface area contributed by atoms with E-state index in [9.17, 15) is 0 Å². The predicted octanol–water partition coefficient (Wildman–Crippen LogP) is 3.36. The van der Waals surface area contributed by atoms with E-state index in [4.69, 9.17) is 9.47 Å². The quantitative estimate of drug-likeness (QED) is 0.575. The smallest absolute Gasteiger partial charge is 0.121 e. The van der Waals surface area contributed by atoms with E-state index < -0.39 is 0 Å². The Hall–Kier alpha value is -2.67. The lowest BCUT2D eigenvalue weighted by Crippen LogP contribution is -1.92. The molecule has 0 N–H and O–H groups in total. The van der Waals surface area contributed by atoms with Crippen molar-refractivity contribution >= 4 is 34.2 Å². The van der Waals surface area contributed by atoms with Gasteiger partial charge >= 0.3 is 0 Å². The number of nitrogens with zero attached hydrogens (tertiary/aromatic N) is 4. The summed E-state index contributed by atoms with van der Waals surface area (Å²) in [6.45, 7) is 0. The third kappa shape index (κ3) is 2.39. The molecule has 0 bridgehead atoms. The van der Waals surface area contributed by atoms with Gasteiger partial charge in [-0.3, -0.25) is 7.94 Å². The van der Waals surface area contributed by atoms with Crippen molar-refractivity contribution in [2.24, 2.45) is 0 Å². The number of hydrogen-bond acceptors (Lipinski definition) is 5. The first-order valence-corrected chi connectivity index (χ1v) is 7.72. The Labute approximate surface area is 136 Å². The number of benzene rings is 2. The minimum absolute atomic E-state index is 0.799. The molecule has 2 aromatic carbocycles. The fourth-order valence-electron chi connectivity index (χ4n) is 2.42. The minimum Gasteiger partial charge on any atom is -0.497 e. The Balaban J connectivity index is 1.73. The van der Waals surface area contributed by atoms with Crippen LogP contribution >= 0.6 is 12.1 Å². The van der Waals surface area contributed by atoms with Crippen LogP contribution in [-0.2, 0) is 0 Å². The van der Waals surface area contributed by atoms with Crippen molar-refractivity contribution in [1.29, 1.82) is 0 Å². The Bertz CT molecular complexity index is 912. The zero-order valence-corrected chi connectivity index (χ0v) is 13.4. The monoisotopic (exact) mass is 326 g/mol. The molecule has 0 radical (unpaired) electrons. The fraction of sp³-hybridized carbons (Fsp3) is 0.125. The summed E-state index contributed by atoms with van der Waals surface area (Å²) in [5.74, 6) is 1.60. The first kappa shape index (κ1) is 14.0. The van der Waals surface area contributed by atoms with Crippen molar-refractivity contribution in [3.63, 3.8) is 0 Å². The molecule has 0 amide bonds. The molecule has 0 aliphatic carbocycles. The standard InChI is InChI=1S/C16H14N4O2S/c1-21-11-3-5-15-13(7-11)17-9-19(15)23-20-10-18-14-8-12(22-2)4-6-16(14)20/h3-10H,1-2H3. The van der Waals surface area contributed by atoms with Gasteiger partial charge in [0.25, 0.3) is 0 Å². The maximum absolute atomic E-state index is 5.23. The Morgan fingerprint density at radius 1 is 0.783 bits per heavy atom. The molecule has 4 aromatic rings. The maximum atomic E-state index is 5.23. The summed E-state index contributed by atoms with van der Waals surface area (Å²) >= 11 is 1.51. The number of imidazole rings is 2. The summed E-state index contributed by atoms with van der Waals surface area (Å²) in [7, 11) is 3.30. The van der Waals surface area contributed by atoms with Crippen LogP contribution in [-0.4, -0.2) is 32.1 Å². The number of hydrogen-bond donors (Lipinski definition) is 0. The highest BCUT2D eigenvalue weighted by Gasteiger charge is 2.09. The van der Waals surface area contributed by atoms with Gasteiger partial charge in [0, 0.05) is 12.1 Å². The van der Waals surface area contributed by atoms with Gasteiger partial charge in [-0.2, -0.15) is 0 Å². The van der Waals surface area contributed by atoms with Crippen LogP contribution in [0.15, 0.2) is 49.1 Å². The van der Waals surface area contributed by atoms with Gasteiger partial charge in [0.15, 0.2) is 0 Å². The topological polar surface area (TPSA) is 54.1 Å². The molecule has 0 fully saturated rings.